The summed E-state index contributed by atoms with van der Waals surface area (Å²) in [4.78, 5) is 15.0. The Bertz CT molecular complexity index is 853. The second-order valence-corrected chi connectivity index (χ2v) is 8.86. The van der Waals surface area contributed by atoms with Gasteiger partial charge in [0.15, 0.2) is 0 Å². The number of nitrogens with zero attached hydrogens (tertiary/aromatic N) is 1. The van der Waals surface area contributed by atoms with Gasteiger partial charge in [0.05, 0.1) is 11.3 Å². The van der Waals surface area contributed by atoms with Crippen molar-refractivity contribution in [2.45, 2.75) is 38.6 Å². The fourth-order valence-corrected chi connectivity index (χ4v) is 4.20. The van der Waals surface area contributed by atoms with Crippen LogP contribution in [0.5, 0.6) is 0 Å². The Morgan fingerprint density at radius 2 is 2.04 bits per heavy atom. The third kappa shape index (κ3) is 3.48. The normalized spacial score (nSPS) is 18.9. The van der Waals surface area contributed by atoms with Gasteiger partial charge in [-0.05, 0) is 38.7 Å². The van der Waals surface area contributed by atoms with Gasteiger partial charge in [0.25, 0.3) is 5.91 Å². The monoisotopic (exact) mass is 349 g/mol. The Balaban J connectivity index is 1.89. The molecule has 1 aliphatic heterocycles. The number of hydrogen-bond donors (Lipinski definition) is 0. The second-order valence-electron chi connectivity index (χ2n) is 6.60. The van der Waals surface area contributed by atoms with E-state index in [2.05, 4.69) is 0 Å². The molecule has 130 valence electrons. The molecule has 3 rings (SSSR count). The summed E-state index contributed by atoms with van der Waals surface area (Å²) in [5, 5.41) is 0.826. The second kappa shape index (κ2) is 6.59. The molecule has 1 aromatic heterocycles. The van der Waals surface area contributed by atoms with Gasteiger partial charge in [-0.25, -0.2) is 8.42 Å². The molecule has 0 saturated carbocycles. The quantitative estimate of drug-likeness (QED) is 0.850. The van der Waals surface area contributed by atoms with Gasteiger partial charge < -0.3 is 9.32 Å². The van der Waals surface area contributed by atoms with E-state index in [0.717, 1.165) is 24.6 Å². The molecule has 1 atom stereocenters. The van der Waals surface area contributed by atoms with E-state index < -0.39 is 9.84 Å². The van der Waals surface area contributed by atoms with Crippen molar-refractivity contribution in [2.75, 3.05) is 18.6 Å². The molecular weight excluding hydrogens is 326 g/mol. The highest BCUT2D eigenvalue weighted by atomic mass is 32.2. The van der Waals surface area contributed by atoms with E-state index in [-0.39, 0.29) is 17.7 Å². The first kappa shape index (κ1) is 17.0. The molecule has 0 unspecified atom stereocenters. The third-order valence-electron chi connectivity index (χ3n) is 4.70. The van der Waals surface area contributed by atoms with Crippen molar-refractivity contribution in [3.63, 3.8) is 0 Å². The molecule has 1 aromatic carbocycles. The first-order valence-corrected chi connectivity index (χ1v) is 10.4. The lowest BCUT2D eigenvalue weighted by Crippen LogP contribution is -2.44. The van der Waals surface area contributed by atoms with Crippen molar-refractivity contribution in [3.8, 4) is 0 Å². The standard InChI is InChI=1S/C18H23NO4S/c1-13-17(15-8-3-4-9-16(15)23-13)18(20)19-11-6-5-7-14(19)10-12-24(2,21)22/h3-4,8-9,14H,5-7,10-12H2,1-2H3/t14-/m1/s1. The van der Waals surface area contributed by atoms with Crippen molar-refractivity contribution in [2.24, 2.45) is 0 Å². The zero-order chi connectivity index (χ0) is 17.3. The molecule has 24 heavy (non-hydrogen) atoms. The average Bonchev–Trinajstić information content (AvgIpc) is 2.87. The minimum absolute atomic E-state index is 0.0194. The molecule has 1 saturated heterocycles. The molecule has 0 spiro atoms. The van der Waals surface area contributed by atoms with Crippen molar-refractivity contribution >= 4 is 26.7 Å². The summed E-state index contributed by atoms with van der Waals surface area (Å²) in [5.41, 5.74) is 1.32. The number of benzene rings is 1. The predicted octanol–water partition coefficient (Wildman–Crippen LogP) is 3.17. The zero-order valence-electron chi connectivity index (χ0n) is 14.1. The highest BCUT2D eigenvalue weighted by molar-refractivity contribution is 7.90. The van der Waals surface area contributed by atoms with Crippen LogP contribution in [0, 0.1) is 6.92 Å². The van der Waals surface area contributed by atoms with Gasteiger partial charge in [0.2, 0.25) is 0 Å². The summed E-state index contributed by atoms with van der Waals surface area (Å²) >= 11 is 0. The van der Waals surface area contributed by atoms with Crippen LogP contribution < -0.4 is 0 Å². The Morgan fingerprint density at radius 1 is 1.29 bits per heavy atom. The number of sulfone groups is 1. The lowest BCUT2D eigenvalue weighted by molar-refractivity contribution is 0.0609. The summed E-state index contributed by atoms with van der Waals surface area (Å²) in [6.45, 7) is 2.48. The Hall–Kier alpha value is -1.82. The Labute approximate surface area is 142 Å². The van der Waals surface area contributed by atoms with Gasteiger partial charge in [0.1, 0.15) is 21.2 Å². The Kier molecular flexibility index (Phi) is 4.67. The maximum Gasteiger partial charge on any atom is 0.258 e. The van der Waals surface area contributed by atoms with Gasteiger partial charge in [-0.3, -0.25) is 4.79 Å². The molecular formula is C18H23NO4S. The third-order valence-corrected chi connectivity index (χ3v) is 5.67. The summed E-state index contributed by atoms with van der Waals surface area (Å²) < 4.78 is 28.7. The summed E-state index contributed by atoms with van der Waals surface area (Å²) in [7, 11) is -3.03. The molecule has 5 nitrogen and oxygen atoms in total. The highest BCUT2D eigenvalue weighted by Gasteiger charge is 2.31. The van der Waals surface area contributed by atoms with Crippen LogP contribution in [0.1, 0.15) is 41.8 Å². The van der Waals surface area contributed by atoms with E-state index in [9.17, 15) is 13.2 Å². The van der Waals surface area contributed by atoms with E-state index in [1.807, 2.05) is 36.1 Å². The number of furan rings is 1. The lowest BCUT2D eigenvalue weighted by Gasteiger charge is -2.35. The van der Waals surface area contributed by atoms with E-state index in [1.54, 1.807) is 0 Å². The summed E-state index contributed by atoms with van der Waals surface area (Å²) in [5.74, 6) is 0.691. The van der Waals surface area contributed by atoms with E-state index in [0.29, 0.717) is 29.9 Å². The first-order valence-electron chi connectivity index (χ1n) is 8.33. The number of amides is 1. The van der Waals surface area contributed by atoms with E-state index in [4.69, 9.17) is 4.42 Å². The average molecular weight is 349 g/mol. The van der Waals surface area contributed by atoms with Crippen LogP contribution in [0.3, 0.4) is 0 Å². The number of carbonyl (C=O) groups excluding carboxylic acids is 1. The number of fused-ring (bicyclic) bond motifs is 1. The van der Waals surface area contributed by atoms with E-state index >= 15 is 0 Å². The first-order chi connectivity index (χ1) is 11.4. The fourth-order valence-electron chi connectivity index (χ4n) is 3.50. The summed E-state index contributed by atoms with van der Waals surface area (Å²) in [6, 6.07) is 7.51. The van der Waals surface area contributed by atoms with Crippen LogP contribution >= 0.6 is 0 Å². The molecule has 1 fully saturated rings. The van der Waals surface area contributed by atoms with Crippen LogP contribution in [0.25, 0.3) is 11.0 Å². The maximum absolute atomic E-state index is 13.1. The number of likely N-dealkylation sites (tertiary alicyclic amines) is 1. The van der Waals surface area contributed by atoms with Crippen molar-refractivity contribution in [3.05, 3.63) is 35.6 Å². The molecule has 2 heterocycles. The molecule has 6 heteroatoms. The fraction of sp³-hybridized carbons (Fsp3) is 0.500. The van der Waals surface area contributed by atoms with E-state index in [1.165, 1.54) is 6.26 Å². The molecule has 0 radical (unpaired) electrons. The zero-order valence-corrected chi connectivity index (χ0v) is 14.9. The topological polar surface area (TPSA) is 67.6 Å². The molecule has 0 bridgehead atoms. The minimum Gasteiger partial charge on any atom is -0.461 e. The van der Waals surface area contributed by atoms with Gasteiger partial charge in [-0.1, -0.05) is 18.2 Å². The van der Waals surface area contributed by atoms with Gasteiger partial charge in [-0.2, -0.15) is 0 Å². The number of carbonyl (C=O) groups is 1. The van der Waals surface area contributed by atoms with Crippen LogP contribution in [0.4, 0.5) is 0 Å². The van der Waals surface area contributed by atoms with Crippen molar-refractivity contribution < 1.29 is 17.6 Å². The number of hydrogen-bond acceptors (Lipinski definition) is 4. The number of rotatable bonds is 4. The molecule has 0 N–H and O–H groups in total. The SMILES string of the molecule is Cc1oc2ccccc2c1C(=O)N1CCCC[C@@H]1CCS(C)(=O)=O. The number of aryl methyl sites for hydroxylation is 1. The lowest BCUT2D eigenvalue weighted by atomic mass is 9.98. The number of para-hydroxylation sites is 1. The van der Waals surface area contributed by atoms with Gasteiger partial charge in [0, 0.05) is 24.2 Å². The molecule has 1 aliphatic rings. The molecule has 0 aliphatic carbocycles. The Morgan fingerprint density at radius 3 is 2.79 bits per heavy atom. The number of piperidine rings is 1. The smallest absolute Gasteiger partial charge is 0.258 e. The largest absolute Gasteiger partial charge is 0.461 e. The van der Waals surface area contributed by atoms with Crippen LogP contribution in [0.15, 0.2) is 28.7 Å². The molecule has 2 aromatic rings. The predicted molar refractivity (Wildman–Crippen MR) is 94.0 cm³/mol. The minimum atomic E-state index is -3.03. The van der Waals surface area contributed by atoms with Crippen LogP contribution in [0.2, 0.25) is 0 Å². The maximum atomic E-state index is 13.1. The van der Waals surface area contributed by atoms with Gasteiger partial charge >= 0.3 is 0 Å². The van der Waals surface area contributed by atoms with Crippen LogP contribution in [-0.2, 0) is 9.84 Å². The molecule has 1 amide bonds. The van der Waals surface area contributed by atoms with Crippen LogP contribution in [-0.4, -0.2) is 43.8 Å². The van der Waals surface area contributed by atoms with Crippen molar-refractivity contribution in [1.29, 1.82) is 0 Å². The van der Waals surface area contributed by atoms with Crippen molar-refractivity contribution in [1.82, 2.24) is 4.90 Å². The summed E-state index contributed by atoms with van der Waals surface area (Å²) in [6.07, 6.45) is 4.59. The van der Waals surface area contributed by atoms with Gasteiger partial charge in [-0.15, -0.1) is 0 Å². The highest BCUT2D eigenvalue weighted by Crippen LogP contribution is 2.29.